The Morgan fingerprint density at radius 3 is 2.60 bits per heavy atom. The minimum atomic E-state index is -0.936. The summed E-state index contributed by atoms with van der Waals surface area (Å²) in [5, 5.41) is 12.4. The Kier molecular flexibility index (Phi) is 6.81. The number of likely N-dealkylation sites (tertiary alicyclic amines) is 1. The third kappa shape index (κ3) is 4.71. The Balaban J connectivity index is 1.91. The molecule has 2 heterocycles. The zero-order valence-electron chi connectivity index (χ0n) is 15.3. The van der Waals surface area contributed by atoms with Gasteiger partial charge >= 0.3 is 5.97 Å². The number of amides is 2. The molecule has 0 saturated carbocycles. The van der Waals surface area contributed by atoms with Crippen molar-refractivity contribution in [2.24, 2.45) is 17.3 Å². The first-order valence-corrected chi connectivity index (χ1v) is 9.27. The minimum absolute atomic E-state index is 0.0284. The Labute approximate surface area is 149 Å². The first kappa shape index (κ1) is 19.7. The van der Waals surface area contributed by atoms with Crippen molar-refractivity contribution in [3.05, 3.63) is 0 Å². The van der Waals surface area contributed by atoms with E-state index in [0.717, 1.165) is 19.3 Å². The van der Waals surface area contributed by atoms with Gasteiger partial charge in [-0.3, -0.25) is 14.4 Å². The van der Waals surface area contributed by atoms with E-state index in [1.165, 1.54) is 0 Å². The number of nitrogens with one attached hydrogen (secondary N) is 1. The molecule has 0 aliphatic carbocycles. The number of carbonyl (C=O) groups excluding carboxylic acids is 2. The van der Waals surface area contributed by atoms with Gasteiger partial charge in [-0.15, -0.1) is 0 Å². The average molecular weight is 354 g/mol. The van der Waals surface area contributed by atoms with E-state index < -0.39 is 11.4 Å². The van der Waals surface area contributed by atoms with Crippen LogP contribution in [0.1, 0.15) is 46.0 Å². The van der Waals surface area contributed by atoms with Crippen LogP contribution in [0.4, 0.5) is 0 Å². The second-order valence-corrected chi connectivity index (χ2v) is 7.35. The average Bonchev–Trinajstić information content (AvgIpc) is 2.65. The first-order valence-electron chi connectivity index (χ1n) is 9.27. The van der Waals surface area contributed by atoms with Gasteiger partial charge in [-0.2, -0.15) is 0 Å². The molecule has 2 unspecified atom stereocenters. The second-order valence-electron chi connectivity index (χ2n) is 7.35. The van der Waals surface area contributed by atoms with Crippen molar-refractivity contribution in [1.29, 1.82) is 0 Å². The van der Waals surface area contributed by atoms with Crippen molar-refractivity contribution in [2.75, 3.05) is 32.8 Å². The molecule has 2 fully saturated rings. The summed E-state index contributed by atoms with van der Waals surface area (Å²) in [4.78, 5) is 38.3. The van der Waals surface area contributed by atoms with Gasteiger partial charge in [0.05, 0.1) is 11.3 Å². The maximum atomic E-state index is 12.5. The molecule has 0 aromatic rings. The molecule has 2 N–H and O–H groups in total. The van der Waals surface area contributed by atoms with Gasteiger partial charge in [-0.05, 0) is 32.1 Å². The smallest absolute Gasteiger partial charge is 0.311 e. The quantitative estimate of drug-likeness (QED) is 0.749. The van der Waals surface area contributed by atoms with E-state index >= 15 is 0 Å². The van der Waals surface area contributed by atoms with Crippen LogP contribution < -0.4 is 5.32 Å². The fraction of sp³-hybridized carbons (Fsp3) is 0.833. The van der Waals surface area contributed by atoms with Crippen LogP contribution in [0, 0.1) is 17.3 Å². The lowest BCUT2D eigenvalue weighted by Gasteiger charge is -2.36. The van der Waals surface area contributed by atoms with Gasteiger partial charge in [0.2, 0.25) is 11.8 Å². The zero-order valence-corrected chi connectivity index (χ0v) is 15.3. The van der Waals surface area contributed by atoms with Crippen LogP contribution in [0.25, 0.3) is 0 Å². The molecule has 2 rings (SSSR count). The van der Waals surface area contributed by atoms with Gasteiger partial charge in [0.1, 0.15) is 0 Å². The molecule has 2 aliphatic rings. The first-order chi connectivity index (χ1) is 11.9. The molecule has 2 amide bonds. The number of carbonyl (C=O) groups is 3. The fourth-order valence-corrected chi connectivity index (χ4v) is 3.51. The van der Waals surface area contributed by atoms with Crippen LogP contribution in [0.2, 0.25) is 0 Å². The molecule has 25 heavy (non-hydrogen) atoms. The summed E-state index contributed by atoms with van der Waals surface area (Å²) < 4.78 is 5.25. The normalized spacial score (nSPS) is 24.4. The molecular weight excluding hydrogens is 324 g/mol. The highest BCUT2D eigenvalue weighted by Crippen LogP contribution is 2.30. The fourth-order valence-electron chi connectivity index (χ4n) is 3.51. The van der Waals surface area contributed by atoms with Gasteiger partial charge < -0.3 is 20.1 Å². The van der Waals surface area contributed by atoms with Crippen LogP contribution in [0.3, 0.4) is 0 Å². The summed E-state index contributed by atoms with van der Waals surface area (Å²) in [6.45, 7) is 5.96. The lowest BCUT2D eigenvalue weighted by Crippen LogP contribution is -2.50. The van der Waals surface area contributed by atoms with Gasteiger partial charge in [0.25, 0.3) is 0 Å². The van der Waals surface area contributed by atoms with Crippen molar-refractivity contribution < 1.29 is 24.2 Å². The number of ether oxygens (including phenoxy) is 1. The van der Waals surface area contributed by atoms with E-state index in [0.29, 0.717) is 39.1 Å². The highest BCUT2D eigenvalue weighted by molar-refractivity contribution is 5.83. The van der Waals surface area contributed by atoms with Gasteiger partial charge in [-0.25, -0.2) is 0 Å². The summed E-state index contributed by atoms with van der Waals surface area (Å²) in [6, 6.07) is 0. The number of carboxylic acid groups (broad SMARTS) is 1. The lowest BCUT2D eigenvalue weighted by molar-refractivity contribution is -0.154. The Hall–Kier alpha value is -1.63. The summed E-state index contributed by atoms with van der Waals surface area (Å²) in [5.74, 6) is -1.21. The largest absolute Gasteiger partial charge is 0.481 e. The third-order valence-electron chi connectivity index (χ3n) is 5.64. The van der Waals surface area contributed by atoms with Crippen molar-refractivity contribution >= 4 is 17.8 Å². The molecule has 2 atom stereocenters. The number of nitrogens with zero attached hydrogens (tertiary/aromatic N) is 1. The van der Waals surface area contributed by atoms with Gasteiger partial charge in [0.15, 0.2) is 0 Å². The standard InChI is InChI=1S/C18H30N2O5/c1-3-13(2)16(22)20-8-4-5-14(11-20)15(21)19-12-18(17(23)24)6-9-25-10-7-18/h13-14H,3-12H2,1-2H3,(H,19,21)(H,23,24). The number of hydrogen-bond donors (Lipinski definition) is 2. The number of piperidine rings is 1. The molecular formula is C18H30N2O5. The van der Waals surface area contributed by atoms with Gasteiger partial charge in [-0.1, -0.05) is 13.8 Å². The predicted octanol–water partition coefficient (Wildman–Crippen LogP) is 1.27. The second kappa shape index (κ2) is 8.65. The molecule has 0 aromatic carbocycles. The summed E-state index contributed by atoms with van der Waals surface area (Å²) in [5.41, 5.74) is -0.936. The number of hydrogen-bond acceptors (Lipinski definition) is 4. The molecule has 7 heteroatoms. The number of rotatable bonds is 6. The van der Waals surface area contributed by atoms with E-state index in [9.17, 15) is 19.5 Å². The summed E-state index contributed by atoms with van der Waals surface area (Å²) in [7, 11) is 0. The molecule has 2 aliphatic heterocycles. The molecule has 142 valence electrons. The topological polar surface area (TPSA) is 95.9 Å². The highest BCUT2D eigenvalue weighted by Gasteiger charge is 2.41. The molecule has 7 nitrogen and oxygen atoms in total. The Morgan fingerprint density at radius 1 is 1.32 bits per heavy atom. The van der Waals surface area contributed by atoms with E-state index in [4.69, 9.17) is 4.74 Å². The maximum Gasteiger partial charge on any atom is 0.311 e. The van der Waals surface area contributed by atoms with E-state index in [1.54, 1.807) is 4.90 Å². The van der Waals surface area contributed by atoms with E-state index in [-0.39, 0.29) is 30.2 Å². The minimum Gasteiger partial charge on any atom is -0.481 e. The maximum absolute atomic E-state index is 12.5. The van der Waals surface area contributed by atoms with Crippen LogP contribution in [-0.4, -0.2) is 60.6 Å². The number of carboxylic acids is 1. The molecule has 0 bridgehead atoms. The SMILES string of the molecule is CCC(C)C(=O)N1CCCC(C(=O)NCC2(C(=O)O)CCOCC2)C1. The van der Waals surface area contributed by atoms with Crippen LogP contribution in [0.5, 0.6) is 0 Å². The van der Waals surface area contributed by atoms with Crippen molar-refractivity contribution in [2.45, 2.75) is 46.0 Å². The predicted molar refractivity (Wildman–Crippen MR) is 91.9 cm³/mol. The monoisotopic (exact) mass is 354 g/mol. The van der Waals surface area contributed by atoms with Crippen molar-refractivity contribution in [3.8, 4) is 0 Å². The lowest BCUT2D eigenvalue weighted by atomic mass is 9.80. The van der Waals surface area contributed by atoms with E-state index in [2.05, 4.69) is 5.32 Å². The molecule has 2 saturated heterocycles. The molecule has 0 radical (unpaired) electrons. The van der Waals surface area contributed by atoms with E-state index in [1.807, 2.05) is 13.8 Å². The zero-order chi connectivity index (χ0) is 18.4. The molecule has 0 aromatic heterocycles. The summed E-state index contributed by atoms with van der Waals surface area (Å²) >= 11 is 0. The van der Waals surface area contributed by atoms with Crippen molar-refractivity contribution in [3.63, 3.8) is 0 Å². The Bertz CT molecular complexity index is 502. The highest BCUT2D eigenvalue weighted by atomic mass is 16.5. The number of aliphatic carboxylic acids is 1. The Morgan fingerprint density at radius 2 is 2.00 bits per heavy atom. The van der Waals surface area contributed by atoms with Crippen molar-refractivity contribution in [1.82, 2.24) is 10.2 Å². The third-order valence-corrected chi connectivity index (χ3v) is 5.64. The van der Waals surface area contributed by atoms with Gasteiger partial charge in [0, 0.05) is 38.8 Å². The molecule has 0 spiro atoms. The summed E-state index contributed by atoms with van der Waals surface area (Å²) in [6.07, 6.45) is 3.14. The van der Waals surface area contributed by atoms with Crippen LogP contribution in [0.15, 0.2) is 0 Å². The van der Waals surface area contributed by atoms with Crippen LogP contribution >= 0.6 is 0 Å². The van der Waals surface area contributed by atoms with Crippen LogP contribution in [-0.2, 0) is 19.1 Å².